The Kier molecular flexibility index (Phi) is 6.06. The maximum Gasteiger partial charge on any atom is 0.315 e. The van der Waals surface area contributed by atoms with Crippen LogP contribution in [0.1, 0.15) is 29.8 Å². The van der Waals surface area contributed by atoms with E-state index in [-0.39, 0.29) is 17.9 Å². The van der Waals surface area contributed by atoms with Gasteiger partial charge >= 0.3 is 6.03 Å². The first kappa shape index (κ1) is 20.7. The largest absolute Gasteiger partial charge is 0.486 e. The minimum atomic E-state index is -0.295. The fourth-order valence-corrected chi connectivity index (χ4v) is 3.58. The summed E-state index contributed by atoms with van der Waals surface area (Å²) < 4.78 is 26.0. The van der Waals surface area contributed by atoms with E-state index >= 15 is 0 Å². The highest BCUT2D eigenvalue weighted by atomic mass is 19.1. The summed E-state index contributed by atoms with van der Waals surface area (Å²) in [5.41, 5.74) is 3.61. The van der Waals surface area contributed by atoms with Crippen molar-refractivity contribution in [1.29, 1.82) is 0 Å². The van der Waals surface area contributed by atoms with Crippen molar-refractivity contribution in [3.63, 3.8) is 0 Å². The average molecular weight is 424 g/mol. The van der Waals surface area contributed by atoms with Crippen LogP contribution >= 0.6 is 0 Å². The van der Waals surface area contributed by atoms with E-state index < -0.39 is 0 Å². The summed E-state index contributed by atoms with van der Waals surface area (Å²) in [7, 11) is 0. The predicted molar refractivity (Wildman–Crippen MR) is 114 cm³/mol. The number of ether oxygens (including phenoxy) is 2. The summed E-state index contributed by atoms with van der Waals surface area (Å²) in [4.78, 5) is 12.3. The first-order valence-electron chi connectivity index (χ1n) is 10.2. The van der Waals surface area contributed by atoms with Crippen molar-refractivity contribution in [2.45, 2.75) is 26.3 Å². The van der Waals surface area contributed by atoms with Crippen molar-refractivity contribution in [3.8, 4) is 17.2 Å². The van der Waals surface area contributed by atoms with Crippen LogP contribution in [-0.4, -0.2) is 35.6 Å². The lowest BCUT2D eigenvalue weighted by molar-refractivity contribution is 0.171. The van der Waals surface area contributed by atoms with E-state index in [1.54, 1.807) is 23.0 Å². The number of nitrogens with zero attached hydrogens (tertiary/aromatic N) is 2. The van der Waals surface area contributed by atoms with Crippen molar-refractivity contribution in [2.75, 3.05) is 19.8 Å². The lowest BCUT2D eigenvalue weighted by atomic mass is 10.1. The highest BCUT2D eigenvalue weighted by Gasteiger charge is 2.16. The van der Waals surface area contributed by atoms with Crippen LogP contribution < -0.4 is 20.1 Å². The number of fused-ring (bicyclic) bond motifs is 1. The predicted octanol–water partition coefficient (Wildman–Crippen LogP) is 3.69. The number of halogens is 1. The standard InChI is InChI=1S/C23H25FN4O3/c1-15(20-14-26-28(16(20)2)19-6-4-18(24)5-7-19)27-23(29)25-10-9-17-3-8-21-22(13-17)31-12-11-30-21/h3-8,13-15H,9-12H2,1-2H3,(H2,25,27,29)/t15-/m1/s1. The monoisotopic (exact) mass is 424 g/mol. The second-order valence-corrected chi connectivity index (χ2v) is 7.42. The zero-order chi connectivity index (χ0) is 21.8. The summed E-state index contributed by atoms with van der Waals surface area (Å²) in [6.45, 7) is 5.43. The lowest BCUT2D eigenvalue weighted by Crippen LogP contribution is -2.38. The molecule has 0 saturated heterocycles. The molecule has 1 atom stereocenters. The van der Waals surface area contributed by atoms with E-state index in [1.807, 2.05) is 32.0 Å². The van der Waals surface area contributed by atoms with E-state index in [9.17, 15) is 9.18 Å². The number of rotatable bonds is 6. The summed E-state index contributed by atoms with van der Waals surface area (Å²) >= 11 is 0. The van der Waals surface area contributed by atoms with Gasteiger partial charge in [0.2, 0.25) is 0 Å². The third-order valence-corrected chi connectivity index (χ3v) is 5.24. The van der Waals surface area contributed by atoms with Crippen molar-refractivity contribution >= 4 is 6.03 Å². The molecule has 0 saturated carbocycles. The van der Waals surface area contributed by atoms with Crippen LogP contribution in [0.2, 0.25) is 0 Å². The van der Waals surface area contributed by atoms with Crippen LogP contribution in [0.4, 0.5) is 9.18 Å². The molecule has 2 amide bonds. The highest BCUT2D eigenvalue weighted by molar-refractivity contribution is 5.74. The number of carbonyl (C=O) groups excluding carboxylic acids is 1. The molecule has 2 aromatic carbocycles. The number of aromatic nitrogens is 2. The Labute approximate surface area is 180 Å². The molecular weight excluding hydrogens is 399 g/mol. The van der Waals surface area contributed by atoms with Crippen LogP contribution in [0.25, 0.3) is 5.69 Å². The fourth-order valence-electron chi connectivity index (χ4n) is 3.58. The maximum atomic E-state index is 13.2. The highest BCUT2D eigenvalue weighted by Crippen LogP contribution is 2.30. The van der Waals surface area contributed by atoms with Crippen LogP contribution in [0, 0.1) is 12.7 Å². The number of benzene rings is 2. The fraction of sp³-hybridized carbons (Fsp3) is 0.304. The molecule has 31 heavy (non-hydrogen) atoms. The van der Waals surface area contributed by atoms with Crippen LogP contribution in [0.3, 0.4) is 0 Å². The summed E-state index contributed by atoms with van der Waals surface area (Å²) in [5.74, 6) is 1.21. The molecule has 0 fully saturated rings. The molecule has 1 aliphatic rings. The maximum absolute atomic E-state index is 13.2. The van der Waals surface area contributed by atoms with Crippen molar-refractivity contribution in [3.05, 3.63) is 71.3 Å². The van der Waals surface area contributed by atoms with Gasteiger partial charge in [0.05, 0.1) is 17.9 Å². The zero-order valence-corrected chi connectivity index (χ0v) is 17.5. The Morgan fingerprint density at radius 3 is 2.68 bits per heavy atom. The average Bonchev–Trinajstić information content (AvgIpc) is 3.15. The van der Waals surface area contributed by atoms with Gasteiger partial charge in [-0.05, 0) is 62.2 Å². The third kappa shape index (κ3) is 4.79. The molecule has 0 spiro atoms. The number of urea groups is 1. The Bertz CT molecular complexity index is 1070. The Morgan fingerprint density at radius 2 is 1.90 bits per heavy atom. The minimum Gasteiger partial charge on any atom is -0.486 e. The summed E-state index contributed by atoms with van der Waals surface area (Å²) in [6.07, 6.45) is 2.40. The topological polar surface area (TPSA) is 77.4 Å². The molecule has 7 nitrogen and oxygen atoms in total. The van der Waals surface area contributed by atoms with Crippen LogP contribution in [0.15, 0.2) is 48.7 Å². The molecule has 0 bridgehead atoms. The van der Waals surface area contributed by atoms with Gasteiger partial charge in [-0.25, -0.2) is 13.9 Å². The number of carbonyl (C=O) groups is 1. The van der Waals surface area contributed by atoms with Crippen molar-refractivity contribution in [2.24, 2.45) is 0 Å². The van der Waals surface area contributed by atoms with Gasteiger partial charge < -0.3 is 20.1 Å². The van der Waals surface area contributed by atoms with Gasteiger partial charge in [-0.15, -0.1) is 0 Å². The number of hydrogen-bond acceptors (Lipinski definition) is 4. The second-order valence-electron chi connectivity index (χ2n) is 7.42. The van der Waals surface area contributed by atoms with E-state index in [1.165, 1.54) is 12.1 Å². The molecule has 1 aromatic heterocycles. The minimum absolute atomic E-state index is 0.233. The molecule has 0 unspecified atom stereocenters. The molecule has 3 aromatic rings. The molecule has 2 N–H and O–H groups in total. The first-order chi connectivity index (χ1) is 15.0. The van der Waals surface area contributed by atoms with Gasteiger partial charge in [-0.2, -0.15) is 5.10 Å². The van der Waals surface area contributed by atoms with E-state index in [4.69, 9.17) is 9.47 Å². The molecular formula is C23H25FN4O3. The summed E-state index contributed by atoms with van der Waals surface area (Å²) in [5, 5.41) is 10.2. The zero-order valence-electron chi connectivity index (χ0n) is 17.5. The number of amides is 2. The number of nitrogens with one attached hydrogen (secondary N) is 2. The molecule has 1 aliphatic heterocycles. The second kappa shape index (κ2) is 9.07. The third-order valence-electron chi connectivity index (χ3n) is 5.24. The smallest absolute Gasteiger partial charge is 0.315 e. The quantitative estimate of drug-likeness (QED) is 0.633. The van der Waals surface area contributed by atoms with Gasteiger partial charge in [0.1, 0.15) is 19.0 Å². The van der Waals surface area contributed by atoms with Gasteiger partial charge in [0.15, 0.2) is 11.5 Å². The lowest BCUT2D eigenvalue weighted by Gasteiger charge is -2.19. The van der Waals surface area contributed by atoms with Crippen LogP contribution in [0.5, 0.6) is 11.5 Å². The Hall–Kier alpha value is -3.55. The Balaban J connectivity index is 1.30. The van der Waals surface area contributed by atoms with E-state index in [2.05, 4.69) is 15.7 Å². The summed E-state index contributed by atoms with van der Waals surface area (Å²) in [6, 6.07) is 11.5. The van der Waals surface area contributed by atoms with Crippen LogP contribution in [-0.2, 0) is 6.42 Å². The molecule has 8 heteroatoms. The first-order valence-corrected chi connectivity index (χ1v) is 10.2. The SMILES string of the molecule is Cc1c([C@@H](C)NC(=O)NCCc2ccc3c(c2)OCCO3)cnn1-c1ccc(F)cc1. The molecule has 162 valence electrons. The number of hydrogen-bond donors (Lipinski definition) is 2. The molecule has 0 radical (unpaired) electrons. The van der Waals surface area contributed by atoms with Gasteiger partial charge in [0.25, 0.3) is 0 Å². The van der Waals surface area contributed by atoms with Gasteiger partial charge in [0, 0.05) is 17.8 Å². The van der Waals surface area contributed by atoms with Gasteiger partial charge in [-0.3, -0.25) is 0 Å². The molecule has 4 rings (SSSR count). The molecule has 2 heterocycles. The molecule has 0 aliphatic carbocycles. The van der Waals surface area contributed by atoms with Crippen molar-refractivity contribution in [1.82, 2.24) is 20.4 Å². The van der Waals surface area contributed by atoms with E-state index in [0.717, 1.165) is 34.0 Å². The normalized spacial score (nSPS) is 13.5. The van der Waals surface area contributed by atoms with Gasteiger partial charge in [-0.1, -0.05) is 6.07 Å². The van der Waals surface area contributed by atoms with Crippen molar-refractivity contribution < 1.29 is 18.7 Å². The van der Waals surface area contributed by atoms with E-state index in [0.29, 0.717) is 26.2 Å². The Morgan fingerprint density at radius 1 is 1.16 bits per heavy atom.